The molecule has 0 fully saturated rings. The first-order chi connectivity index (χ1) is 10.1. The Morgan fingerprint density at radius 1 is 1.10 bits per heavy atom. The summed E-state index contributed by atoms with van der Waals surface area (Å²) < 4.78 is 5.85. The fourth-order valence-electron chi connectivity index (χ4n) is 2.11. The Balaban J connectivity index is 2.10. The Morgan fingerprint density at radius 2 is 1.76 bits per heavy atom. The van der Waals surface area contributed by atoms with E-state index in [1.165, 1.54) is 5.56 Å². The van der Waals surface area contributed by atoms with Crippen molar-refractivity contribution in [2.75, 3.05) is 0 Å². The van der Waals surface area contributed by atoms with E-state index in [1.54, 1.807) is 6.92 Å². The van der Waals surface area contributed by atoms with Gasteiger partial charge >= 0.3 is 0 Å². The molecule has 2 rings (SSSR count). The van der Waals surface area contributed by atoms with Gasteiger partial charge < -0.3 is 9.94 Å². The number of hydrogen-bond donors (Lipinski definition) is 1. The van der Waals surface area contributed by atoms with Gasteiger partial charge in [-0.2, -0.15) is 0 Å². The van der Waals surface area contributed by atoms with Crippen molar-refractivity contribution in [2.45, 2.75) is 33.3 Å². The van der Waals surface area contributed by atoms with Crippen LogP contribution in [0.2, 0.25) is 0 Å². The van der Waals surface area contributed by atoms with Gasteiger partial charge in [-0.15, -0.1) is 0 Å². The Labute approximate surface area is 125 Å². The van der Waals surface area contributed by atoms with E-state index in [9.17, 15) is 0 Å². The van der Waals surface area contributed by atoms with E-state index in [0.717, 1.165) is 16.9 Å². The van der Waals surface area contributed by atoms with E-state index < -0.39 is 0 Å². The van der Waals surface area contributed by atoms with Crippen LogP contribution in [0.1, 0.15) is 43.4 Å². The zero-order chi connectivity index (χ0) is 15.2. The number of benzene rings is 2. The summed E-state index contributed by atoms with van der Waals surface area (Å²) in [6.45, 7) is 6.60. The molecule has 0 aliphatic carbocycles. The fourth-order valence-corrected chi connectivity index (χ4v) is 2.11. The maximum atomic E-state index is 8.91. The smallest absolute Gasteiger partial charge is 0.128 e. The van der Waals surface area contributed by atoms with Gasteiger partial charge in [0.25, 0.3) is 0 Å². The third-order valence-corrected chi connectivity index (χ3v) is 3.47. The molecular formula is C18H21NO2. The van der Waals surface area contributed by atoms with Crippen LogP contribution in [0.15, 0.2) is 53.7 Å². The summed E-state index contributed by atoms with van der Waals surface area (Å²) in [5.41, 5.74) is 3.79. The minimum Gasteiger partial charge on any atom is -0.488 e. The third kappa shape index (κ3) is 3.85. The van der Waals surface area contributed by atoms with Gasteiger partial charge in [0.05, 0.1) is 5.71 Å². The van der Waals surface area contributed by atoms with Crippen molar-refractivity contribution in [3.63, 3.8) is 0 Å². The van der Waals surface area contributed by atoms with Crippen molar-refractivity contribution < 1.29 is 9.94 Å². The second-order valence-corrected chi connectivity index (χ2v) is 5.37. The molecule has 0 saturated heterocycles. The van der Waals surface area contributed by atoms with Crippen molar-refractivity contribution in [3.8, 4) is 5.75 Å². The summed E-state index contributed by atoms with van der Waals surface area (Å²) in [7, 11) is 0. The van der Waals surface area contributed by atoms with Crippen molar-refractivity contribution in [2.24, 2.45) is 5.16 Å². The van der Waals surface area contributed by atoms with Gasteiger partial charge in [-0.05, 0) is 36.1 Å². The first-order valence-electron chi connectivity index (χ1n) is 7.11. The molecule has 110 valence electrons. The first kappa shape index (κ1) is 15.1. The molecule has 3 nitrogen and oxygen atoms in total. The Morgan fingerprint density at radius 3 is 2.38 bits per heavy atom. The van der Waals surface area contributed by atoms with Crippen LogP contribution in [-0.2, 0) is 6.61 Å². The molecule has 0 aliphatic heterocycles. The predicted molar refractivity (Wildman–Crippen MR) is 85.3 cm³/mol. The minimum atomic E-state index is 0.494. The van der Waals surface area contributed by atoms with E-state index in [1.807, 2.05) is 24.3 Å². The number of rotatable bonds is 5. The Kier molecular flexibility index (Phi) is 4.99. The monoisotopic (exact) mass is 283 g/mol. The van der Waals surface area contributed by atoms with Crippen LogP contribution >= 0.6 is 0 Å². The number of ether oxygens (including phenoxy) is 1. The van der Waals surface area contributed by atoms with Crippen molar-refractivity contribution in [3.05, 3.63) is 65.2 Å². The molecule has 1 N–H and O–H groups in total. The highest BCUT2D eigenvalue weighted by Gasteiger charge is 2.07. The molecule has 0 saturated carbocycles. The average Bonchev–Trinajstić information content (AvgIpc) is 2.52. The van der Waals surface area contributed by atoms with E-state index in [2.05, 4.69) is 43.3 Å². The topological polar surface area (TPSA) is 41.8 Å². The molecule has 0 unspecified atom stereocenters. The van der Waals surface area contributed by atoms with Crippen LogP contribution in [-0.4, -0.2) is 10.9 Å². The van der Waals surface area contributed by atoms with Crippen LogP contribution in [0.4, 0.5) is 0 Å². The zero-order valence-electron chi connectivity index (χ0n) is 12.7. The molecule has 0 aromatic heterocycles. The lowest BCUT2D eigenvalue weighted by atomic mass is 10.0. The molecule has 2 aromatic carbocycles. The number of para-hydroxylation sites is 1. The van der Waals surface area contributed by atoms with Gasteiger partial charge in [0, 0.05) is 5.56 Å². The molecule has 0 amide bonds. The molecular weight excluding hydrogens is 262 g/mol. The van der Waals surface area contributed by atoms with Gasteiger partial charge in [0.15, 0.2) is 0 Å². The largest absolute Gasteiger partial charge is 0.488 e. The maximum absolute atomic E-state index is 8.91. The number of nitrogens with zero attached hydrogens (tertiary/aromatic N) is 1. The van der Waals surface area contributed by atoms with Gasteiger partial charge in [0.2, 0.25) is 0 Å². The van der Waals surface area contributed by atoms with E-state index in [0.29, 0.717) is 18.2 Å². The molecule has 0 bridgehead atoms. The third-order valence-electron chi connectivity index (χ3n) is 3.47. The lowest BCUT2D eigenvalue weighted by Crippen LogP contribution is -2.02. The van der Waals surface area contributed by atoms with Gasteiger partial charge in [0.1, 0.15) is 12.4 Å². The lowest BCUT2D eigenvalue weighted by Gasteiger charge is -2.11. The molecule has 0 spiro atoms. The molecule has 2 aromatic rings. The van der Waals surface area contributed by atoms with E-state index in [4.69, 9.17) is 9.94 Å². The van der Waals surface area contributed by atoms with E-state index in [-0.39, 0.29) is 0 Å². The molecule has 0 aliphatic rings. The second-order valence-electron chi connectivity index (χ2n) is 5.37. The standard InChI is InChI=1S/C18H21NO2/c1-13(2)16-10-8-15(9-11-16)12-21-18-7-5-4-6-17(18)14(3)19-20/h4-11,13,20H,12H2,1-3H3/b19-14+. The van der Waals surface area contributed by atoms with Gasteiger partial charge in [-0.1, -0.05) is 55.4 Å². The predicted octanol–water partition coefficient (Wildman–Crippen LogP) is 4.59. The molecule has 0 heterocycles. The Bertz CT molecular complexity index is 615. The summed E-state index contributed by atoms with van der Waals surface area (Å²) in [6.07, 6.45) is 0. The summed E-state index contributed by atoms with van der Waals surface area (Å²) in [5.74, 6) is 1.25. The van der Waals surface area contributed by atoms with Crippen LogP contribution < -0.4 is 4.74 Å². The summed E-state index contributed by atoms with van der Waals surface area (Å²) >= 11 is 0. The maximum Gasteiger partial charge on any atom is 0.128 e. The van der Waals surface area contributed by atoms with Crippen LogP contribution in [0.25, 0.3) is 0 Å². The summed E-state index contributed by atoms with van der Waals surface area (Å²) in [5, 5.41) is 12.2. The SMILES string of the molecule is C/C(=N\O)c1ccccc1OCc1ccc(C(C)C)cc1. The fraction of sp³-hybridized carbons (Fsp3) is 0.278. The molecule has 21 heavy (non-hydrogen) atoms. The van der Waals surface area contributed by atoms with Crippen molar-refractivity contribution >= 4 is 5.71 Å². The summed E-state index contributed by atoms with van der Waals surface area (Å²) in [6, 6.07) is 16.0. The van der Waals surface area contributed by atoms with Crippen LogP contribution in [0.5, 0.6) is 5.75 Å². The number of oxime groups is 1. The highest BCUT2D eigenvalue weighted by Crippen LogP contribution is 2.21. The zero-order valence-corrected chi connectivity index (χ0v) is 12.7. The van der Waals surface area contributed by atoms with Crippen molar-refractivity contribution in [1.29, 1.82) is 0 Å². The Hall–Kier alpha value is -2.29. The van der Waals surface area contributed by atoms with Gasteiger partial charge in [-0.25, -0.2) is 0 Å². The summed E-state index contributed by atoms with van der Waals surface area (Å²) in [4.78, 5) is 0. The lowest BCUT2D eigenvalue weighted by molar-refractivity contribution is 0.303. The average molecular weight is 283 g/mol. The van der Waals surface area contributed by atoms with Crippen molar-refractivity contribution in [1.82, 2.24) is 0 Å². The molecule has 0 radical (unpaired) electrons. The first-order valence-corrected chi connectivity index (χ1v) is 7.11. The highest BCUT2D eigenvalue weighted by molar-refractivity contribution is 6.00. The second kappa shape index (κ2) is 6.93. The highest BCUT2D eigenvalue weighted by atomic mass is 16.5. The van der Waals surface area contributed by atoms with Gasteiger partial charge in [-0.3, -0.25) is 0 Å². The van der Waals surface area contributed by atoms with Crippen LogP contribution in [0, 0.1) is 0 Å². The quantitative estimate of drug-likeness (QED) is 0.495. The van der Waals surface area contributed by atoms with Crippen LogP contribution in [0.3, 0.4) is 0 Å². The molecule has 3 heteroatoms. The number of hydrogen-bond acceptors (Lipinski definition) is 3. The van der Waals surface area contributed by atoms with E-state index >= 15 is 0 Å². The molecule has 0 atom stereocenters. The normalized spacial score (nSPS) is 11.7. The minimum absolute atomic E-state index is 0.494.